The predicted molar refractivity (Wildman–Crippen MR) is 86.6 cm³/mol. The second-order valence-electron chi connectivity index (χ2n) is 5.25. The Morgan fingerprint density at radius 1 is 1.36 bits per heavy atom. The van der Waals surface area contributed by atoms with Crippen molar-refractivity contribution in [1.29, 1.82) is 0 Å². The molecule has 0 bridgehead atoms. The van der Waals surface area contributed by atoms with Gasteiger partial charge in [0.25, 0.3) is 0 Å². The summed E-state index contributed by atoms with van der Waals surface area (Å²) in [6, 6.07) is 5.47. The van der Waals surface area contributed by atoms with Gasteiger partial charge in [-0.05, 0) is 25.5 Å². The van der Waals surface area contributed by atoms with E-state index in [1.165, 1.54) is 0 Å². The van der Waals surface area contributed by atoms with Crippen LogP contribution in [0.1, 0.15) is 12.5 Å². The van der Waals surface area contributed by atoms with Crippen molar-refractivity contribution >= 4 is 11.7 Å². The van der Waals surface area contributed by atoms with Gasteiger partial charge in [-0.25, -0.2) is 4.79 Å². The van der Waals surface area contributed by atoms with Crippen LogP contribution in [0, 0.1) is 6.92 Å². The molecule has 0 spiro atoms. The summed E-state index contributed by atoms with van der Waals surface area (Å²) in [5.41, 5.74) is 1.79. The summed E-state index contributed by atoms with van der Waals surface area (Å²) in [5.74, 6) is 0.800. The largest absolute Gasteiger partial charge is 0.494 e. The topological polar surface area (TPSA) is 62.8 Å². The Morgan fingerprint density at radius 3 is 2.86 bits per heavy atom. The molecule has 0 aromatic heterocycles. The monoisotopic (exact) mass is 307 g/mol. The number of carbonyl (C=O) groups excluding carboxylic acids is 1. The molecule has 1 aromatic carbocycles. The van der Waals surface area contributed by atoms with Gasteiger partial charge >= 0.3 is 6.03 Å². The summed E-state index contributed by atoms with van der Waals surface area (Å²) in [4.78, 5) is 14.2. The molecule has 1 heterocycles. The van der Waals surface area contributed by atoms with Crippen LogP contribution in [0.2, 0.25) is 0 Å². The number of urea groups is 1. The number of aryl methyl sites for hydroxylation is 1. The fourth-order valence-electron chi connectivity index (χ4n) is 2.32. The van der Waals surface area contributed by atoms with Crippen LogP contribution in [0.25, 0.3) is 0 Å². The molecule has 6 nitrogen and oxygen atoms in total. The lowest BCUT2D eigenvalue weighted by atomic mass is 10.2. The van der Waals surface area contributed by atoms with E-state index in [-0.39, 0.29) is 6.03 Å². The normalized spacial score (nSPS) is 15.4. The number of morpholine rings is 1. The number of carbonyl (C=O) groups is 1. The quantitative estimate of drug-likeness (QED) is 0.842. The van der Waals surface area contributed by atoms with Crippen LogP contribution in [0.5, 0.6) is 5.75 Å². The number of hydrogen-bond acceptors (Lipinski definition) is 4. The van der Waals surface area contributed by atoms with E-state index in [2.05, 4.69) is 15.5 Å². The van der Waals surface area contributed by atoms with Crippen molar-refractivity contribution in [3.05, 3.63) is 23.8 Å². The molecule has 22 heavy (non-hydrogen) atoms. The third-order valence-electron chi connectivity index (χ3n) is 3.56. The van der Waals surface area contributed by atoms with E-state index in [1.807, 2.05) is 32.0 Å². The highest BCUT2D eigenvalue weighted by atomic mass is 16.5. The number of rotatable bonds is 6. The molecule has 6 heteroatoms. The minimum absolute atomic E-state index is 0.195. The number of anilines is 1. The Kier molecular flexibility index (Phi) is 6.48. The number of nitrogens with zero attached hydrogens (tertiary/aromatic N) is 1. The van der Waals surface area contributed by atoms with Crippen molar-refractivity contribution < 1.29 is 14.3 Å². The van der Waals surface area contributed by atoms with Crippen LogP contribution in [0.3, 0.4) is 0 Å². The van der Waals surface area contributed by atoms with Gasteiger partial charge in [0.05, 0.1) is 19.8 Å². The van der Waals surface area contributed by atoms with Gasteiger partial charge in [-0.3, -0.25) is 4.90 Å². The lowest BCUT2D eigenvalue weighted by Crippen LogP contribution is -2.42. The smallest absolute Gasteiger partial charge is 0.319 e. The Bertz CT molecular complexity index is 488. The number of benzene rings is 1. The molecule has 1 saturated heterocycles. The fraction of sp³-hybridized carbons (Fsp3) is 0.562. The summed E-state index contributed by atoms with van der Waals surface area (Å²) >= 11 is 0. The van der Waals surface area contributed by atoms with Crippen LogP contribution in [-0.4, -0.2) is 56.9 Å². The van der Waals surface area contributed by atoms with Crippen molar-refractivity contribution in [3.8, 4) is 5.75 Å². The van der Waals surface area contributed by atoms with Gasteiger partial charge in [0.1, 0.15) is 5.75 Å². The van der Waals surface area contributed by atoms with Gasteiger partial charge in [0, 0.05) is 37.9 Å². The summed E-state index contributed by atoms with van der Waals surface area (Å²) in [7, 11) is 0. The zero-order valence-corrected chi connectivity index (χ0v) is 13.4. The van der Waals surface area contributed by atoms with E-state index in [4.69, 9.17) is 9.47 Å². The molecule has 1 aliphatic rings. The molecule has 0 atom stereocenters. The number of nitrogens with one attached hydrogen (secondary N) is 2. The van der Waals surface area contributed by atoms with Crippen molar-refractivity contribution in [2.75, 3.05) is 51.3 Å². The van der Waals surface area contributed by atoms with Crippen LogP contribution in [-0.2, 0) is 4.74 Å². The highest BCUT2D eigenvalue weighted by Gasteiger charge is 2.10. The van der Waals surface area contributed by atoms with Crippen LogP contribution in [0.4, 0.5) is 10.5 Å². The van der Waals surface area contributed by atoms with Crippen LogP contribution >= 0.6 is 0 Å². The zero-order chi connectivity index (χ0) is 15.8. The minimum atomic E-state index is -0.195. The van der Waals surface area contributed by atoms with Gasteiger partial charge in [-0.1, -0.05) is 6.07 Å². The molecular weight excluding hydrogens is 282 g/mol. The van der Waals surface area contributed by atoms with Gasteiger partial charge in [-0.2, -0.15) is 0 Å². The highest BCUT2D eigenvalue weighted by Crippen LogP contribution is 2.22. The molecule has 0 saturated carbocycles. The van der Waals surface area contributed by atoms with E-state index in [0.717, 1.165) is 49.8 Å². The van der Waals surface area contributed by atoms with Crippen molar-refractivity contribution in [3.63, 3.8) is 0 Å². The predicted octanol–water partition coefficient (Wildman–Crippen LogP) is 1.85. The number of amides is 2. The summed E-state index contributed by atoms with van der Waals surface area (Å²) in [6.45, 7) is 9.40. The summed E-state index contributed by atoms with van der Waals surface area (Å²) in [5, 5.41) is 5.70. The molecule has 0 aliphatic carbocycles. The van der Waals surface area contributed by atoms with Gasteiger partial charge in [0.2, 0.25) is 0 Å². The Morgan fingerprint density at radius 2 is 2.14 bits per heavy atom. The van der Waals surface area contributed by atoms with Crippen molar-refractivity contribution in [2.24, 2.45) is 0 Å². The third kappa shape index (κ3) is 5.20. The molecule has 2 rings (SSSR count). The molecule has 0 radical (unpaired) electrons. The average Bonchev–Trinajstić information content (AvgIpc) is 2.52. The number of ether oxygens (including phenoxy) is 2. The maximum Gasteiger partial charge on any atom is 0.319 e. The maximum atomic E-state index is 11.9. The summed E-state index contributed by atoms with van der Waals surface area (Å²) in [6.07, 6.45) is 0. The SMILES string of the molecule is CCOc1cc(NC(=O)NCCN2CCOCC2)ccc1C. The second-order valence-corrected chi connectivity index (χ2v) is 5.25. The Balaban J connectivity index is 1.75. The Labute approximate surface area is 131 Å². The van der Waals surface area contributed by atoms with Crippen LogP contribution in [0.15, 0.2) is 18.2 Å². The molecule has 2 amide bonds. The third-order valence-corrected chi connectivity index (χ3v) is 3.56. The summed E-state index contributed by atoms with van der Waals surface area (Å²) < 4.78 is 10.8. The first-order valence-corrected chi connectivity index (χ1v) is 7.77. The standard InChI is InChI=1S/C16H25N3O3/c1-3-22-15-12-14(5-4-13(15)2)18-16(20)17-6-7-19-8-10-21-11-9-19/h4-5,12H,3,6-11H2,1-2H3,(H2,17,18,20). The van der Waals surface area contributed by atoms with Crippen LogP contribution < -0.4 is 15.4 Å². The second kappa shape index (κ2) is 8.60. The van der Waals surface area contributed by atoms with Gasteiger partial charge in [-0.15, -0.1) is 0 Å². The lowest BCUT2D eigenvalue weighted by Gasteiger charge is -2.26. The average molecular weight is 307 g/mol. The van der Waals surface area contributed by atoms with E-state index >= 15 is 0 Å². The van der Waals surface area contributed by atoms with E-state index < -0.39 is 0 Å². The number of hydrogen-bond donors (Lipinski definition) is 2. The molecule has 122 valence electrons. The van der Waals surface area contributed by atoms with E-state index in [9.17, 15) is 4.79 Å². The lowest BCUT2D eigenvalue weighted by molar-refractivity contribution is 0.0388. The first-order chi connectivity index (χ1) is 10.7. The van der Waals surface area contributed by atoms with Crippen molar-refractivity contribution in [2.45, 2.75) is 13.8 Å². The molecular formula is C16H25N3O3. The fourth-order valence-corrected chi connectivity index (χ4v) is 2.32. The first kappa shape index (κ1) is 16.6. The van der Waals surface area contributed by atoms with E-state index in [1.54, 1.807) is 0 Å². The highest BCUT2D eigenvalue weighted by molar-refractivity contribution is 5.89. The van der Waals surface area contributed by atoms with Gasteiger partial charge < -0.3 is 20.1 Å². The minimum Gasteiger partial charge on any atom is -0.494 e. The maximum absolute atomic E-state index is 11.9. The molecule has 0 unspecified atom stereocenters. The molecule has 2 N–H and O–H groups in total. The first-order valence-electron chi connectivity index (χ1n) is 7.77. The molecule has 1 aromatic rings. The molecule has 1 aliphatic heterocycles. The molecule has 1 fully saturated rings. The Hall–Kier alpha value is -1.79. The zero-order valence-electron chi connectivity index (χ0n) is 13.4. The van der Waals surface area contributed by atoms with Crippen molar-refractivity contribution in [1.82, 2.24) is 10.2 Å². The van der Waals surface area contributed by atoms with E-state index in [0.29, 0.717) is 13.2 Å². The van der Waals surface area contributed by atoms with Gasteiger partial charge in [0.15, 0.2) is 0 Å².